The van der Waals surface area contributed by atoms with E-state index in [0.29, 0.717) is 11.8 Å². The Labute approximate surface area is 143 Å². The van der Waals surface area contributed by atoms with E-state index >= 15 is 0 Å². The van der Waals surface area contributed by atoms with E-state index in [1.165, 1.54) is 32.1 Å². The van der Waals surface area contributed by atoms with Gasteiger partial charge in [-0.05, 0) is 67.3 Å². The predicted octanol–water partition coefficient (Wildman–Crippen LogP) is 2.84. The van der Waals surface area contributed by atoms with Crippen molar-refractivity contribution in [3.63, 3.8) is 0 Å². The first kappa shape index (κ1) is 16.1. The van der Waals surface area contributed by atoms with Gasteiger partial charge in [0.15, 0.2) is 0 Å². The van der Waals surface area contributed by atoms with Gasteiger partial charge in [-0.25, -0.2) is 0 Å². The largest absolute Gasteiger partial charge is 0.480 e. The SMILES string of the molecule is O=C(O)[C@H](N[C@H](CO)c1ccccc1)C1C2CC3CC(C2)CC1C3. The number of carboxylic acids is 1. The highest BCUT2D eigenvalue weighted by molar-refractivity contribution is 5.74. The fourth-order valence-electron chi connectivity index (χ4n) is 6.02. The standard InChI is InChI=1S/C20H27NO3/c22-11-17(14-4-2-1-3-5-14)21-19(20(23)24)18-15-7-12-6-13(9-15)10-16(18)8-12/h1-5,12-13,15-19,21-22H,6-11H2,(H,23,24)/t12?,13?,15?,16?,17-,18?,19-/m1/s1. The predicted molar refractivity (Wildman–Crippen MR) is 91.4 cm³/mol. The number of aliphatic hydroxyl groups is 1. The van der Waals surface area contributed by atoms with Gasteiger partial charge in [-0.1, -0.05) is 30.3 Å². The van der Waals surface area contributed by atoms with Crippen molar-refractivity contribution >= 4 is 5.97 Å². The van der Waals surface area contributed by atoms with E-state index in [1.807, 2.05) is 30.3 Å². The second-order valence-corrected chi connectivity index (χ2v) is 8.14. The number of hydrogen-bond acceptors (Lipinski definition) is 3. The maximum atomic E-state index is 12.1. The van der Waals surface area contributed by atoms with Crippen LogP contribution in [0, 0.1) is 29.6 Å². The molecule has 2 atom stereocenters. The van der Waals surface area contributed by atoms with Crippen molar-refractivity contribution in [3.8, 4) is 0 Å². The van der Waals surface area contributed by atoms with Crippen molar-refractivity contribution < 1.29 is 15.0 Å². The van der Waals surface area contributed by atoms with E-state index in [4.69, 9.17) is 0 Å². The van der Waals surface area contributed by atoms with Crippen LogP contribution in [0.1, 0.15) is 43.7 Å². The number of hydrogen-bond donors (Lipinski definition) is 3. The molecule has 3 N–H and O–H groups in total. The van der Waals surface area contributed by atoms with Gasteiger partial charge in [-0.2, -0.15) is 0 Å². The molecule has 0 heterocycles. The second-order valence-electron chi connectivity index (χ2n) is 8.14. The summed E-state index contributed by atoms with van der Waals surface area (Å²) in [5, 5.41) is 23.0. The third-order valence-corrected chi connectivity index (χ3v) is 6.72. The number of aliphatic carboxylic acids is 1. The van der Waals surface area contributed by atoms with Gasteiger partial charge in [-0.15, -0.1) is 0 Å². The normalized spacial score (nSPS) is 36.5. The van der Waals surface area contributed by atoms with E-state index < -0.39 is 12.0 Å². The summed E-state index contributed by atoms with van der Waals surface area (Å²) in [6.07, 6.45) is 6.20. The summed E-state index contributed by atoms with van der Waals surface area (Å²) in [6, 6.07) is 8.82. The number of benzene rings is 1. The first-order valence-electron chi connectivity index (χ1n) is 9.30. The van der Waals surface area contributed by atoms with Crippen LogP contribution in [-0.2, 0) is 4.79 Å². The first-order valence-corrected chi connectivity index (χ1v) is 9.30. The van der Waals surface area contributed by atoms with E-state index in [2.05, 4.69) is 5.32 Å². The van der Waals surface area contributed by atoms with E-state index in [1.54, 1.807) is 0 Å². The van der Waals surface area contributed by atoms with E-state index in [9.17, 15) is 15.0 Å². The summed E-state index contributed by atoms with van der Waals surface area (Å²) < 4.78 is 0. The van der Waals surface area contributed by atoms with E-state index in [0.717, 1.165) is 17.4 Å². The molecule has 4 aliphatic carbocycles. The highest BCUT2D eigenvalue weighted by Gasteiger charge is 2.52. The lowest BCUT2D eigenvalue weighted by Crippen LogP contribution is -2.56. The molecule has 0 unspecified atom stereocenters. The van der Waals surface area contributed by atoms with Gasteiger partial charge >= 0.3 is 5.97 Å². The van der Waals surface area contributed by atoms with Gasteiger partial charge in [0, 0.05) is 0 Å². The Morgan fingerprint density at radius 3 is 2.12 bits per heavy atom. The summed E-state index contributed by atoms with van der Waals surface area (Å²) in [7, 11) is 0. The fraction of sp³-hybridized carbons (Fsp3) is 0.650. The zero-order chi connectivity index (χ0) is 16.7. The summed E-state index contributed by atoms with van der Waals surface area (Å²) in [5.41, 5.74) is 0.954. The summed E-state index contributed by atoms with van der Waals surface area (Å²) in [6.45, 7) is -0.0822. The Hall–Kier alpha value is -1.39. The highest BCUT2D eigenvalue weighted by Crippen LogP contribution is 2.57. The minimum Gasteiger partial charge on any atom is -0.480 e. The molecule has 4 aliphatic rings. The first-order chi connectivity index (χ1) is 11.7. The molecule has 1 aromatic carbocycles. The van der Waals surface area contributed by atoms with Crippen molar-refractivity contribution in [2.75, 3.05) is 6.61 Å². The van der Waals surface area contributed by atoms with Crippen LogP contribution in [0.15, 0.2) is 30.3 Å². The van der Waals surface area contributed by atoms with Crippen LogP contribution in [0.3, 0.4) is 0 Å². The monoisotopic (exact) mass is 329 g/mol. The molecule has 24 heavy (non-hydrogen) atoms. The van der Waals surface area contributed by atoms with Crippen molar-refractivity contribution in [3.05, 3.63) is 35.9 Å². The lowest BCUT2D eigenvalue weighted by Gasteiger charge is -2.56. The maximum Gasteiger partial charge on any atom is 0.321 e. The third kappa shape index (κ3) is 2.86. The summed E-state index contributed by atoms with van der Waals surface area (Å²) in [4.78, 5) is 12.1. The van der Waals surface area contributed by atoms with Gasteiger partial charge in [0.1, 0.15) is 6.04 Å². The molecule has 4 fully saturated rings. The number of carbonyl (C=O) groups is 1. The molecule has 0 aliphatic heterocycles. The molecular formula is C20H27NO3. The van der Waals surface area contributed by atoms with Crippen molar-refractivity contribution in [1.29, 1.82) is 0 Å². The lowest BCUT2D eigenvalue weighted by molar-refractivity contribution is -0.147. The van der Waals surface area contributed by atoms with Crippen LogP contribution in [0.2, 0.25) is 0 Å². The number of carboxylic acid groups (broad SMARTS) is 1. The van der Waals surface area contributed by atoms with Crippen LogP contribution in [0.25, 0.3) is 0 Å². The molecule has 1 aromatic rings. The molecule has 0 amide bonds. The molecule has 4 bridgehead atoms. The molecule has 0 saturated heterocycles. The quantitative estimate of drug-likeness (QED) is 0.750. The Morgan fingerprint density at radius 2 is 1.62 bits per heavy atom. The average Bonchev–Trinajstić information content (AvgIpc) is 2.57. The van der Waals surface area contributed by atoms with Crippen LogP contribution in [-0.4, -0.2) is 28.8 Å². The van der Waals surface area contributed by atoms with Gasteiger partial charge in [0.05, 0.1) is 12.6 Å². The fourth-order valence-corrected chi connectivity index (χ4v) is 6.02. The minimum absolute atomic E-state index is 0.0822. The van der Waals surface area contributed by atoms with Gasteiger partial charge < -0.3 is 10.2 Å². The van der Waals surface area contributed by atoms with Crippen molar-refractivity contribution in [1.82, 2.24) is 5.32 Å². The topological polar surface area (TPSA) is 69.6 Å². The zero-order valence-electron chi connectivity index (χ0n) is 14.0. The molecular weight excluding hydrogens is 302 g/mol. The van der Waals surface area contributed by atoms with Gasteiger partial charge in [-0.3, -0.25) is 10.1 Å². The maximum absolute atomic E-state index is 12.1. The summed E-state index contributed by atoms with van der Waals surface area (Å²) in [5.74, 6) is 2.21. The molecule has 4 nitrogen and oxygen atoms in total. The van der Waals surface area contributed by atoms with Crippen molar-refractivity contribution in [2.45, 2.75) is 44.2 Å². The zero-order valence-corrected chi connectivity index (χ0v) is 14.0. The smallest absolute Gasteiger partial charge is 0.321 e. The molecule has 130 valence electrons. The molecule has 4 heteroatoms. The Kier molecular flexibility index (Phi) is 4.35. The van der Waals surface area contributed by atoms with Gasteiger partial charge in [0.2, 0.25) is 0 Å². The number of aliphatic hydroxyl groups excluding tert-OH is 1. The molecule has 4 saturated carbocycles. The number of nitrogens with one attached hydrogen (secondary N) is 1. The molecule has 0 radical (unpaired) electrons. The lowest BCUT2D eigenvalue weighted by atomic mass is 9.50. The Morgan fingerprint density at radius 1 is 1.04 bits per heavy atom. The van der Waals surface area contributed by atoms with Crippen molar-refractivity contribution in [2.24, 2.45) is 29.6 Å². The highest BCUT2D eigenvalue weighted by atomic mass is 16.4. The van der Waals surface area contributed by atoms with Gasteiger partial charge in [0.25, 0.3) is 0 Å². The average molecular weight is 329 g/mol. The second kappa shape index (κ2) is 6.49. The third-order valence-electron chi connectivity index (χ3n) is 6.72. The van der Waals surface area contributed by atoms with Crippen LogP contribution in [0.5, 0.6) is 0 Å². The minimum atomic E-state index is -0.762. The van der Waals surface area contributed by atoms with Crippen LogP contribution in [0.4, 0.5) is 0 Å². The Balaban J connectivity index is 1.55. The number of rotatable bonds is 6. The van der Waals surface area contributed by atoms with E-state index in [-0.39, 0.29) is 18.6 Å². The molecule has 0 spiro atoms. The van der Waals surface area contributed by atoms with Crippen LogP contribution < -0.4 is 5.32 Å². The summed E-state index contributed by atoms with van der Waals surface area (Å²) >= 11 is 0. The Bertz CT molecular complexity index is 560. The molecule has 5 rings (SSSR count). The van der Waals surface area contributed by atoms with Crippen LogP contribution >= 0.6 is 0 Å². The molecule has 0 aromatic heterocycles.